The number of nitrogens with one attached hydrogen (secondary N) is 1. The number of nitrogens with zero attached hydrogens (tertiary/aromatic N) is 7. The van der Waals surface area contributed by atoms with Gasteiger partial charge in [-0.25, -0.2) is 0 Å². The van der Waals surface area contributed by atoms with Crippen LogP contribution in [0.15, 0.2) is 24.3 Å². The lowest BCUT2D eigenvalue weighted by Crippen LogP contribution is -2.53. The fourth-order valence-electron chi connectivity index (χ4n) is 6.33. The van der Waals surface area contributed by atoms with E-state index in [1.807, 2.05) is 41.0 Å². The number of hydrogen-bond donors (Lipinski definition) is 1. The maximum atomic E-state index is 13.3. The van der Waals surface area contributed by atoms with Crippen LogP contribution in [0.25, 0.3) is 11.4 Å². The molecule has 176 valence electrons. The Hall–Kier alpha value is -3.32. The van der Waals surface area contributed by atoms with Gasteiger partial charge in [0.2, 0.25) is 17.6 Å². The first kappa shape index (κ1) is 21.2. The lowest BCUT2D eigenvalue weighted by molar-refractivity contribution is -0.142. The van der Waals surface area contributed by atoms with Crippen LogP contribution in [0.5, 0.6) is 0 Å². The molecule has 4 heterocycles. The van der Waals surface area contributed by atoms with Gasteiger partial charge >= 0.3 is 0 Å². The van der Waals surface area contributed by atoms with Crippen LogP contribution in [0.1, 0.15) is 44.7 Å². The van der Waals surface area contributed by atoms with Crippen molar-refractivity contribution in [1.29, 1.82) is 5.26 Å². The van der Waals surface area contributed by atoms with Crippen LogP contribution in [-0.2, 0) is 9.59 Å². The smallest absolute Gasteiger partial charge is 0.240 e. The van der Waals surface area contributed by atoms with Gasteiger partial charge < -0.3 is 9.80 Å². The number of benzene rings is 1. The van der Waals surface area contributed by atoms with Gasteiger partial charge in [0, 0.05) is 36.7 Å². The van der Waals surface area contributed by atoms with E-state index in [9.17, 15) is 14.9 Å². The molecule has 3 saturated heterocycles. The van der Waals surface area contributed by atoms with E-state index in [0.717, 1.165) is 36.9 Å². The molecule has 1 unspecified atom stereocenters. The number of carbonyl (C=O) groups is 2. The minimum absolute atomic E-state index is 0.0317. The average molecular weight is 461 g/mol. The molecule has 7 atom stereocenters. The van der Waals surface area contributed by atoms with Crippen LogP contribution in [0.2, 0.25) is 0 Å². The third kappa shape index (κ3) is 3.29. The molecule has 10 nitrogen and oxygen atoms in total. The van der Waals surface area contributed by atoms with Crippen molar-refractivity contribution in [2.45, 2.75) is 63.3 Å². The number of nitriles is 1. The predicted molar refractivity (Wildman–Crippen MR) is 121 cm³/mol. The van der Waals surface area contributed by atoms with E-state index in [1.165, 1.54) is 0 Å². The molecule has 6 rings (SSSR count). The summed E-state index contributed by atoms with van der Waals surface area (Å²) in [5.41, 5.74) is 1.94. The molecule has 0 spiro atoms. The quantitative estimate of drug-likeness (QED) is 0.691. The maximum Gasteiger partial charge on any atom is 0.240 e. The van der Waals surface area contributed by atoms with Crippen LogP contribution in [-0.4, -0.2) is 84.4 Å². The molecule has 4 aliphatic rings. The minimum Gasteiger partial charge on any atom is -0.330 e. The molecule has 2 amide bonds. The summed E-state index contributed by atoms with van der Waals surface area (Å²) in [5.74, 6) is 1.05. The highest BCUT2D eigenvalue weighted by molar-refractivity contribution is 5.86. The molecule has 1 aromatic heterocycles. The molecule has 1 saturated carbocycles. The molecule has 4 fully saturated rings. The molecule has 1 N–H and O–H groups in total. The van der Waals surface area contributed by atoms with Gasteiger partial charge in [-0.3, -0.25) is 14.5 Å². The van der Waals surface area contributed by atoms with Crippen molar-refractivity contribution in [3.05, 3.63) is 29.8 Å². The third-order valence-corrected chi connectivity index (χ3v) is 8.17. The zero-order chi connectivity index (χ0) is 23.6. The van der Waals surface area contributed by atoms with E-state index >= 15 is 0 Å². The highest BCUT2D eigenvalue weighted by atomic mass is 16.2. The Morgan fingerprint density at radius 3 is 2.71 bits per heavy atom. The Morgan fingerprint density at radius 1 is 1.24 bits per heavy atom. The molecule has 1 aromatic carbocycles. The number of likely N-dealkylation sites (tertiary alicyclic amines) is 3. The van der Waals surface area contributed by atoms with Gasteiger partial charge in [0.05, 0.1) is 18.2 Å². The summed E-state index contributed by atoms with van der Waals surface area (Å²) in [5, 5.41) is 23.5. The number of tetrazole rings is 1. The first-order valence-electron chi connectivity index (χ1n) is 12.1. The summed E-state index contributed by atoms with van der Waals surface area (Å²) in [6, 6.07) is 10.2. The van der Waals surface area contributed by atoms with Crippen LogP contribution >= 0.6 is 0 Å². The highest BCUT2D eigenvalue weighted by Gasteiger charge is 2.55. The molecule has 0 radical (unpaired) electrons. The number of aromatic nitrogens is 4. The molecular formula is C24H28N8O2. The summed E-state index contributed by atoms with van der Waals surface area (Å²) in [4.78, 5) is 32.5. The van der Waals surface area contributed by atoms with Gasteiger partial charge in [0.25, 0.3) is 0 Å². The molecule has 2 bridgehead atoms. The Bertz CT molecular complexity index is 1140. The number of piperazine rings is 1. The van der Waals surface area contributed by atoms with Gasteiger partial charge in [-0.15, -0.1) is 10.2 Å². The van der Waals surface area contributed by atoms with Gasteiger partial charge in [-0.2, -0.15) is 10.5 Å². The standard InChI is InChI=1S/C24H28N8O2/c1-13(23(33)32-18(10-25)7-17-8-20(17)32)11-30-12-19-9-21(30)24(34)31(19)14(2)15-3-5-16(6-4-15)22-26-28-29-27-22/h3-6,13-14,17-21H,7-9,11-12H2,1-2H3,(H,26,27,28,29)/t13-,14-,17+,18-,19+,20?,21+/m0/s1. The number of rotatable bonds is 6. The van der Waals surface area contributed by atoms with E-state index in [0.29, 0.717) is 18.3 Å². The number of amides is 2. The Balaban J connectivity index is 1.10. The van der Waals surface area contributed by atoms with E-state index in [2.05, 4.69) is 38.5 Å². The van der Waals surface area contributed by atoms with E-state index in [4.69, 9.17) is 0 Å². The van der Waals surface area contributed by atoms with Crippen LogP contribution < -0.4 is 0 Å². The summed E-state index contributed by atoms with van der Waals surface area (Å²) in [7, 11) is 0. The normalized spacial score (nSPS) is 31.4. The number of piperidine rings is 1. The van der Waals surface area contributed by atoms with Gasteiger partial charge in [0.1, 0.15) is 6.04 Å². The van der Waals surface area contributed by atoms with Gasteiger partial charge in [0.15, 0.2) is 0 Å². The maximum absolute atomic E-state index is 13.3. The second-order valence-corrected chi connectivity index (χ2v) is 10.2. The second-order valence-electron chi connectivity index (χ2n) is 10.2. The Morgan fingerprint density at radius 2 is 2.03 bits per heavy atom. The zero-order valence-corrected chi connectivity index (χ0v) is 19.3. The highest BCUT2D eigenvalue weighted by Crippen LogP contribution is 2.48. The average Bonchev–Trinajstić information content (AvgIpc) is 3.28. The van der Waals surface area contributed by atoms with Crippen molar-refractivity contribution in [3.8, 4) is 17.5 Å². The van der Waals surface area contributed by atoms with E-state index in [1.54, 1.807) is 0 Å². The molecule has 3 aliphatic heterocycles. The van der Waals surface area contributed by atoms with Crippen molar-refractivity contribution in [2.75, 3.05) is 13.1 Å². The minimum atomic E-state index is -0.279. The monoisotopic (exact) mass is 460 g/mol. The number of carbonyl (C=O) groups excluding carboxylic acids is 2. The van der Waals surface area contributed by atoms with E-state index in [-0.39, 0.29) is 47.9 Å². The van der Waals surface area contributed by atoms with E-state index < -0.39 is 0 Å². The Kier molecular flexibility index (Phi) is 4.92. The molecule has 2 aromatic rings. The lowest BCUT2D eigenvalue weighted by atomic mass is 10.0. The van der Waals surface area contributed by atoms with Gasteiger partial charge in [-0.1, -0.05) is 31.2 Å². The summed E-state index contributed by atoms with van der Waals surface area (Å²) >= 11 is 0. The van der Waals surface area contributed by atoms with Crippen molar-refractivity contribution in [1.82, 2.24) is 35.3 Å². The largest absolute Gasteiger partial charge is 0.330 e. The molecule has 10 heteroatoms. The van der Waals surface area contributed by atoms with Crippen LogP contribution in [0, 0.1) is 23.2 Å². The van der Waals surface area contributed by atoms with Crippen molar-refractivity contribution in [3.63, 3.8) is 0 Å². The molecule has 34 heavy (non-hydrogen) atoms. The van der Waals surface area contributed by atoms with Crippen LogP contribution in [0.3, 0.4) is 0 Å². The third-order valence-electron chi connectivity index (χ3n) is 8.17. The predicted octanol–water partition coefficient (Wildman–Crippen LogP) is 1.36. The zero-order valence-electron chi connectivity index (χ0n) is 19.3. The fourth-order valence-corrected chi connectivity index (χ4v) is 6.33. The van der Waals surface area contributed by atoms with Crippen molar-refractivity contribution >= 4 is 11.8 Å². The topological polar surface area (TPSA) is 122 Å². The van der Waals surface area contributed by atoms with Gasteiger partial charge in [-0.05, 0) is 42.9 Å². The second kappa shape index (κ2) is 7.87. The number of fused-ring (bicyclic) bond motifs is 3. The summed E-state index contributed by atoms with van der Waals surface area (Å²) < 4.78 is 0. The molecule has 1 aliphatic carbocycles. The summed E-state index contributed by atoms with van der Waals surface area (Å²) in [6.07, 6.45) is 2.65. The van der Waals surface area contributed by atoms with Crippen molar-refractivity contribution in [2.24, 2.45) is 11.8 Å². The molecular weight excluding hydrogens is 432 g/mol. The fraction of sp³-hybridized carbons (Fsp3) is 0.583. The summed E-state index contributed by atoms with van der Waals surface area (Å²) in [6.45, 7) is 5.36. The van der Waals surface area contributed by atoms with Crippen LogP contribution in [0.4, 0.5) is 0 Å². The number of H-pyrrole nitrogens is 1. The number of hydrogen-bond acceptors (Lipinski definition) is 7. The lowest BCUT2D eigenvalue weighted by Gasteiger charge is -2.38. The first-order chi connectivity index (χ1) is 16.5. The number of aromatic amines is 1. The SMILES string of the molecule is C[C@@H](CN1C[C@H]2C[C@@H]1C(=O)N2[C@@H](C)c1ccc(-c2nn[nH]n2)cc1)C(=O)N1C2C[C@H]2C[C@H]1C#N. The Labute approximate surface area is 197 Å². The first-order valence-corrected chi connectivity index (χ1v) is 12.1. The van der Waals surface area contributed by atoms with Crippen molar-refractivity contribution < 1.29 is 9.59 Å².